The lowest BCUT2D eigenvalue weighted by Gasteiger charge is -2.30. The van der Waals surface area contributed by atoms with Gasteiger partial charge in [-0.25, -0.2) is 0 Å². The van der Waals surface area contributed by atoms with Gasteiger partial charge >= 0.3 is 0 Å². The number of nitrogens with one attached hydrogen (secondary N) is 2. The Morgan fingerprint density at radius 2 is 1.80 bits per heavy atom. The van der Waals surface area contributed by atoms with Gasteiger partial charge in [-0.15, -0.1) is 12.4 Å². The van der Waals surface area contributed by atoms with Gasteiger partial charge < -0.3 is 25.4 Å². The van der Waals surface area contributed by atoms with E-state index in [1.54, 1.807) is 17.0 Å². The highest BCUT2D eigenvalue weighted by Gasteiger charge is 2.31. The minimum Gasteiger partial charge on any atom is -0.493 e. The molecule has 41 heavy (non-hydrogen) atoms. The molecule has 2 atom stereocenters. The molecule has 0 aliphatic carbocycles. The van der Waals surface area contributed by atoms with Gasteiger partial charge in [0.25, 0.3) is 11.8 Å². The van der Waals surface area contributed by atoms with Crippen LogP contribution in [0.25, 0.3) is 10.8 Å². The van der Waals surface area contributed by atoms with E-state index in [2.05, 4.69) is 41.0 Å². The van der Waals surface area contributed by atoms with Crippen LogP contribution in [0.4, 0.5) is 0 Å². The summed E-state index contributed by atoms with van der Waals surface area (Å²) in [6, 6.07) is 25.8. The predicted octanol–water partition coefficient (Wildman–Crippen LogP) is 4.62. The van der Waals surface area contributed by atoms with Gasteiger partial charge in [-0.2, -0.15) is 0 Å². The number of nitrogens with zero attached hydrogens (tertiary/aromatic N) is 1. The second kappa shape index (κ2) is 12.3. The van der Waals surface area contributed by atoms with Crippen LogP contribution in [0, 0.1) is 0 Å². The Kier molecular flexibility index (Phi) is 8.59. The first-order valence-electron chi connectivity index (χ1n) is 13.8. The van der Waals surface area contributed by atoms with E-state index in [0.29, 0.717) is 49.5 Å². The molecule has 2 aliphatic rings. The maximum absolute atomic E-state index is 13.4. The number of aliphatic hydroxyl groups is 1. The number of fused-ring (bicyclic) bond motifs is 3. The van der Waals surface area contributed by atoms with Crippen molar-refractivity contribution in [2.45, 2.75) is 45.1 Å². The largest absolute Gasteiger partial charge is 0.493 e. The van der Waals surface area contributed by atoms with Crippen LogP contribution in [0.15, 0.2) is 78.9 Å². The average Bonchev–Trinajstić information content (AvgIpc) is 3.29. The van der Waals surface area contributed by atoms with E-state index < -0.39 is 6.10 Å². The fourth-order valence-electron chi connectivity index (χ4n) is 5.80. The van der Waals surface area contributed by atoms with Crippen LogP contribution in [0.2, 0.25) is 0 Å². The second-order valence-electron chi connectivity index (χ2n) is 10.5. The molecule has 212 valence electrons. The first-order chi connectivity index (χ1) is 19.5. The van der Waals surface area contributed by atoms with Crippen molar-refractivity contribution in [3.63, 3.8) is 0 Å². The van der Waals surface area contributed by atoms with E-state index in [1.165, 1.54) is 11.1 Å². The molecule has 0 spiro atoms. The van der Waals surface area contributed by atoms with Gasteiger partial charge in [-0.05, 0) is 58.5 Å². The van der Waals surface area contributed by atoms with Crippen molar-refractivity contribution in [1.29, 1.82) is 0 Å². The molecule has 0 aromatic heterocycles. The van der Waals surface area contributed by atoms with Gasteiger partial charge in [0.2, 0.25) is 0 Å². The lowest BCUT2D eigenvalue weighted by atomic mass is 9.93. The van der Waals surface area contributed by atoms with Crippen LogP contribution in [0.3, 0.4) is 0 Å². The number of amides is 2. The summed E-state index contributed by atoms with van der Waals surface area (Å²) in [5.74, 6) is -0.0327. The zero-order chi connectivity index (χ0) is 27.6. The second-order valence-corrected chi connectivity index (χ2v) is 10.5. The number of ether oxygens (including phenoxy) is 1. The Balaban J connectivity index is 0.00000337. The Labute approximate surface area is 245 Å². The van der Waals surface area contributed by atoms with Crippen molar-refractivity contribution in [3.05, 3.63) is 112 Å². The summed E-state index contributed by atoms with van der Waals surface area (Å²) in [5.41, 5.74) is 5.25. The summed E-state index contributed by atoms with van der Waals surface area (Å²) >= 11 is 0. The van der Waals surface area contributed by atoms with Gasteiger partial charge in [0.15, 0.2) is 0 Å². The molecule has 0 radical (unpaired) electrons. The van der Waals surface area contributed by atoms with Crippen molar-refractivity contribution in [2.75, 3.05) is 13.2 Å². The summed E-state index contributed by atoms with van der Waals surface area (Å²) in [4.78, 5) is 28.5. The topological polar surface area (TPSA) is 90.9 Å². The molecule has 6 rings (SSSR count). The summed E-state index contributed by atoms with van der Waals surface area (Å²) in [6.07, 6.45) is -0.0507. The van der Waals surface area contributed by atoms with Crippen LogP contribution < -0.4 is 15.4 Å². The lowest BCUT2D eigenvalue weighted by Crippen LogP contribution is -2.49. The summed E-state index contributed by atoms with van der Waals surface area (Å²) in [6.45, 7) is 3.89. The number of carbonyl (C=O) groups excluding carboxylic acids is 2. The number of carbonyl (C=O) groups is 2. The van der Waals surface area contributed by atoms with Crippen LogP contribution >= 0.6 is 12.4 Å². The van der Waals surface area contributed by atoms with Gasteiger partial charge in [0.05, 0.1) is 18.3 Å². The molecule has 0 saturated carbocycles. The summed E-state index contributed by atoms with van der Waals surface area (Å²) in [5, 5.41) is 19.4. The van der Waals surface area contributed by atoms with Crippen molar-refractivity contribution in [3.8, 4) is 5.75 Å². The highest BCUT2D eigenvalue weighted by Crippen LogP contribution is 2.32. The molecule has 4 aromatic carbocycles. The number of halogens is 1. The van der Waals surface area contributed by atoms with Gasteiger partial charge in [0, 0.05) is 37.8 Å². The third kappa shape index (κ3) is 5.79. The molecule has 0 saturated heterocycles. The van der Waals surface area contributed by atoms with Crippen LogP contribution in [0.1, 0.15) is 49.9 Å². The monoisotopic (exact) mass is 571 g/mol. The third-order valence-corrected chi connectivity index (χ3v) is 7.92. The van der Waals surface area contributed by atoms with Crippen molar-refractivity contribution >= 4 is 35.0 Å². The Hall–Kier alpha value is -3.91. The smallest absolute Gasteiger partial charge is 0.255 e. The molecular formula is C33H34ClN3O4. The first-order valence-corrected chi connectivity index (χ1v) is 13.8. The SMILES string of the molecule is CCOc1cc2c(cc1C(=O)NCC(O)C1Cc3ccccc3CN1)CN(Cc1cccc3ccccc13)C2=O.Cl. The fraction of sp³-hybridized carbons (Fsp3) is 0.273. The molecule has 8 heteroatoms. The standard InChI is InChI=1S/C33H33N3O4.ClH/c1-2-40-31-16-27-25(20-36(33(27)39)19-24-12-7-11-21-8-5-6-13-26(21)24)14-28(31)32(38)35-18-30(37)29-15-22-9-3-4-10-23(22)17-34-29;/h3-14,16,29-30,34,37H,2,15,17-20H2,1H3,(H,35,38);1H. The maximum atomic E-state index is 13.4. The van der Waals surface area contributed by atoms with Crippen molar-refractivity contribution < 1.29 is 19.4 Å². The number of hydrogen-bond donors (Lipinski definition) is 3. The Morgan fingerprint density at radius 1 is 1.05 bits per heavy atom. The normalized spacial score (nSPS) is 16.5. The highest BCUT2D eigenvalue weighted by atomic mass is 35.5. The molecule has 2 aliphatic heterocycles. The molecule has 2 heterocycles. The molecular weight excluding hydrogens is 538 g/mol. The molecule has 2 unspecified atom stereocenters. The number of rotatable bonds is 8. The maximum Gasteiger partial charge on any atom is 0.255 e. The lowest BCUT2D eigenvalue weighted by molar-refractivity contribution is 0.0766. The summed E-state index contributed by atoms with van der Waals surface area (Å²) < 4.78 is 5.80. The number of benzene rings is 4. The van der Waals surface area contributed by atoms with Crippen molar-refractivity contribution in [1.82, 2.24) is 15.5 Å². The van der Waals surface area contributed by atoms with E-state index in [9.17, 15) is 14.7 Å². The van der Waals surface area contributed by atoms with Gasteiger partial charge in [0.1, 0.15) is 5.75 Å². The van der Waals surface area contributed by atoms with E-state index in [-0.39, 0.29) is 36.8 Å². The predicted molar refractivity (Wildman–Crippen MR) is 161 cm³/mol. The summed E-state index contributed by atoms with van der Waals surface area (Å²) in [7, 11) is 0. The number of aliphatic hydroxyl groups excluding tert-OH is 1. The quantitative estimate of drug-likeness (QED) is 0.287. The van der Waals surface area contributed by atoms with E-state index in [4.69, 9.17) is 4.74 Å². The van der Waals surface area contributed by atoms with Gasteiger partial charge in [-0.1, -0.05) is 66.7 Å². The third-order valence-electron chi connectivity index (χ3n) is 7.92. The Morgan fingerprint density at radius 3 is 2.63 bits per heavy atom. The zero-order valence-electron chi connectivity index (χ0n) is 22.9. The minimum absolute atomic E-state index is 0. The molecule has 4 aromatic rings. The molecule has 0 fully saturated rings. The molecule has 3 N–H and O–H groups in total. The van der Waals surface area contributed by atoms with E-state index in [0.717, 1.165) is 21.9 Å². The van der Waals surface area contributed by atoms with Crippen LogP contribution in [0.5, 0.6) is 5.75 Å². The molecule has 0 bridgehead atoms. The van der Waals surface area contributed by atoms with Crippen molar-refractivity contribution in [2.24, 2.45) is 0 Å². The fourth-order valence-corrected chi connectivity index (χ4v) is 5.80. The van der Waals surface area contributed by atoms with Gasteiger partial charge in [-0.3, -0.25) is 9.59 Å². The highest BCUT2D eigenvalue weighted by molar-refractivity contribution is 6.03. The molecule has 2 amide bonds. The van der Waals surface area contributed by atoms with Crippen LogP contribution in [-0.2, 0) is 26.1 Å². The first kappa shape index (κ1) is 28.6. The average molecular weight is 572 g/mol. The van der Waals surface area contributed by atoms with Crippen LogP contribution in [-0.4, -0.2) is 47.1 Å². The minimum atomic E-state index is -0.750. The van der Waals surface area contributed by atoms with E-state index >= 15 is 0 Å². The zero-order valence-corrected chi connectivity index (χ0v) is 23.7. The number of hydrogen-bond acceptors (Lipinski definition) is 5. The van der Waals surface area contributed by atoms with E-state index in [1.807, 2.05) is 43.3 Å². The molecule has 7 nitrogen and oxygen atoms in total. The Bertz CT molecular complexity index is 1590.